The van der Waals surface area contributed by atoms with E-state index in [1.807, 2.05) is 0 Å². The fraction of sp³-hybridized carbons (Fsp3) is 0.857. The molecule has 3 nitrogen and oxygen atoms in total. The van der Waals surface area contributed by atoms with Crippen LogP contribution in [0.25, 0.3) is 0 Å². The van der Waals surface area contributed by atoms with Gasteiger partial charge in [0.2, 0.25) is 0 Å². The van der Waals surface area contributed by atoms with E-state index >= 15 is 0 Å². The van der Waals surface area contributed by atoms with Gasteiger partial charge in [0.1, 0.15) is 0 Å². The summed E-state index contributed by atoms with van der Waals surface area (Å²) in [7, 11) is -0.111. The summed E-state index contributed by atoms with van der Waals surface area (Å²) in [5.41, 5.74) is 0. The summed E-state index contributed by atoms with van der Waals surface area (Å²) in [6.07, 6.45) is 0. The number of hydrogen-bond acceptors (Lipinski definition) is 2. The maximum atomic E-state index is 8.40. The van der Waals surface area contributed by atoms with E-state index in [0.29, 0.717) is 0 Å². The molecule has 0 saturated carbocycles. The average Bonchev–Trinajstić information content (AvgIpc) is 1.78. The predicted octanol–water partition coefficient (Wildman–Crippen LogP) is 1.92. The van der Waals surface area contributed by atoms with Crippen molar-refractivity contribution in [3.63, 3.8) is 0 Å². The molecule has 0 N–H and O–H groups in total. The van der Waals surface area contributed by atoms with Crippen molar-refractivity contribution < 1.29 is 13.6 Å². The van der Waals surface area contributed by atoms with Gasteiger partial charge in [0.05, 0.1) is 0 Å². The molecule has 0 unspecified atom stereocenters. The normalized spacial score (nSPS) is 1.58. The van der Waals surface area contributed by atoms with E-state index in [0.717, 1.165) is 0 Å². The Bertz CT molecular complexity index is 58.9. The van der Waals surface area contributed by atoms with Crippen LogP contribution in [0.4, 0.5) is 0 Å². The molecule has 0 aliphatic carbocycles. The van der Waals surface area contributed by atoms with Crippen LogP contribution in [0.3, 0.4) is 0 Å². The van der Waals surface area contributed by atoms with Crippen molar-refractivity contribution in [2.45, 2.75) is 43.7 Å². The number of rotatable bonds is 0. The van der Waals surface area contributed by atoms with E-state index in [9.17, 15) is 0 Å². The minimum atomic E-state index is -1.42. The molecule has 0 aromatic heterocycles. The van der Waals surface area contributed by atoms with E-state index in [1.165, 1.54) is 10.2 Å². The third kappa shape index (κ3) is 14700. The summed E-state index contributed by atoms with van der Waals surface area (Å²) >= 11 is 0. The Morgan fingerprint density at radius 2 is 0.917 bits per heavy atom. The van der Waals surface area contributed by atoms with Gasteiger partial charge in [0.25, 0.3) is 0 Å². The van der Waals surface area contributed by atoms with Gasteiger partial charge in [-0.3, -0.25) is 8.92 Å². The number of hydrogen-bond donors (Lipinski definition) is 0. The van der Waals surface area contributed by atoms with Crippen molar-refractivity contribution in [3.05, 3.63) is 6.65 Å². The van der Waals surface area contributed by atoms with Crippen LogP contribution in [-0.4, -0.2) is 19.5 Å². The van der Waals surface area contributed by atoms with Crippen molar-refractivity contribution in [1.29, 1.82) is 0 Å². The molecule has 0 radical (unpaired) electrons. The molecule has 0 aromatic carbocycles. The molecule has 80 valence electrons. The molecule has 0 rings (SSSR count). The van der Waals surface area contributed by atoms with Gasteiger partial charge in [-0.25, -0.2) is 0 Å². The summed E-state index contributed by atoms with van der Waals surface area (Å²) in [5.74, 6) is 0. The van der Waals surface area contributed by atoms with E-state index in [2.05, 4.69) is 13.2 Å². The second kappa shape index (κ2) is 1720. The third-order valence-corrected chi connectivity index (χ3v) is 0. The molecule has 0 aliphatic rings. The van der Waals surface area contributed by atoms with Gasteiger partial charge in [0.15, 0.2) is 0 Å². The molecule has 0 bridgehead atoms. The Hall–Kier alpha value is -0.226. The first-order valence-electron chi connectivity index (χ1n) is 1.61. The molecular weight excluding hydrogens is 188 g/mol. The molecule has 0 spiro atoms. The van der Waals surface area contributed by atoms with Crippen molar-refractivity contribution in [2.24, 2.45) is 0 Å². The first kappa shape index (κ1) is 96.0. The van der Waals surface area contributed by atoms with Gasteiger partial charge in [-0.1, -0.05) is 43.7 Å². The van der Waals surface area contributed by atoms with Gasteiger partial charge < -0.3 is 0 Å². The summed E-state index contributed by atoms with van der Waals surface area (Å²) in [6.45, 7) is 6.64. The Morgan fingerprint density at radius 1 is 0.917 bits per heavy atom. The minimum absolute atomic E-state index is 0. The van der Waals surface area contributed by atoms with Gasteiger partial charge in [-0.2, -0.15) is 0 Å². The van der Waals surface area contributed by atoms with E-state index in [1.54, 1.807) is 0 Å². The van der Waals surface area contributed by atoms with Crippen LogP contribution in [-0.2, 0) is 13.6 Å². The molecule has 0 aliphatic heterocycles. The van der Waals surface area contributed by atoms with Crippen LogP contribution >= 0.6 is 0 Å². The monoisotopic (exact) mass is 214 g/mol. The van der Waals surface area contributed by atoms with Crippen LogP contribution in [0.15, 0.2) is 0 Å². The second-order valence-electron chi connectivity index (χ2n) is 0.0833. The fourth-order valence-corrected chi connectivity index (χ4v) is 0. The molecule has 0 aromatic rings. The van der Waals surface area contributed by atoms with Crippen molar-refractivity contribution >= 4 is 19.5 Å². The molecule has 0 saturated heterocycles. The molecular formula is C7H26O3Si2. The first-order valence-corrected chi connectivity index (χ1v) is 4.43. The van der Waals surface area contributed by atoms with Gasteiger partial charge >= 0.3 is 20.6 Å². The zero-order valence-corrected chi connectivity index (χ0v) is 7.22. The topological polar surface area (TPSA) is 54.0 Å². The zero-order valence-electron chi connectivity index (χ0n) is 4.22. The van der Waals surface area contributed by atoms with Gasteiger partial charge in [0, 0.05) is 0 Å². The molecule has 0 fully saturated rings. The van der Waals surface area contributed by atoms with Crippen LogP contribution in [0.5, 0.6) is 0 Å². The van der Waals surface area contributed by atoms with E-state index in [4.69, 9.17) is 13.6 Å². The van der Waals surface area contributed by atoms with Crippen molar-refractivity contribution in [2.75, 3.05) is 0 Å². The van der Waals surface area contributed by atoms with Crippen LogP contribution in [0.2, 0.25) is 6.55 Å². The Labute approximate surface area is 84.0 Å². The fourth-order valence-electron chi connectivity index (χ4n) is 0. The first-order chi connectivity index (χ1) is 3.41. The van der Waals surface area contributed by atoms with Crippen molar-refractivity contribution in [1.82, 2.24) is 0 Å². The molecule has 0 heterocycles. The Kier molecular flexibility index (Phi) is 13700. The average molecular weight is 214 g/mol. The standard InChI is InChI=1S/CO.CH6Si.5CH4.O2Si/c2*1-2;;;;;;1-3-2/h;1-2H3;5*1H4;. The predicted molar refractivity (Wildman–Crippen MR) is 60.5 cm³/mol. The van der Waals surface area contributed by atoms with Gasteiger partial charge in [-0.15, -0.1) is 0 Å². The quantitative estimate of drug-likeness (QED) is 0.351. The van der Waals surface area contributed by atoms with Crippen LogP contribution in [0.1, 0.15) is 37.1 Å². The summed E-state index contributed by atoms with van der Waals surface area (Å²) in [5, 5.41) is 0. The molecule has 12 heavy (non-hydrogen) atoms. The second-order valence-corrected chi connectivity index (χ2v) is 0.250. The van der Waals surface area contributed by atoms with E-state index in [-0.39, 0.29) is 37.1 Å². The molecule has 5 heteroatoms. The van der Waals surface area contributed by atoms with Crippen LogP contribution < -0.4 is 0 Å². The summed E-state index contributed by atoms with van der Waals surface area (Å²) < 4.78 is 24.3. The third-order valence-electron chi connectivity index (χ3n) is 0. The van der Waals surface area contributed by atoms with Crippen LogP contribution in [0, 0.1) is 6.65 Å². The maximum absolute atomic E-state index is 8.40. The Balaban J connectivity index is -0.00000000281. The summed E-state index contributed by atoms with van der Waals surface area (Å²) in [4.78, 5) is 0. The molecule has 0 atom stereocenters. The summed E-state index contributed by atoms with van der Waals surface area (Å²) in [6, 6.07) is 0. The SMILES string of the molecule is C.C.C.C.C.C[SiH3].O=[Si]=O.[C-]#[O+]. The zero-order chi connectivity index (χ0) is 6.71. The van der Waals surface area contributed by atoms with Crippen molar-refractivity contribution in [3.8, 4) is 0 Å². The van der Waals surface area contributed by atoms with E-state index < -0.39 is 9.29 Å². The van der Waals surface area contributed by atoms with Gasteiger partial charge in [-0.05, 0) is 10.2 Å². The molecule has 0 amide bonds. The Morgan fingerprint density at radius 3 is 0.917 bits per heavy atom.